The molecule has 10 heteroatoms. The Balaban J connectivity index is 1.61. The van der Waals surface area contributed by atoms with Gasteiger partial charge in [0, 0.05) is 18.8 Å². The van der Waals surface area contributed by atoms with Crippen molar-refractivity contribution in [1.82, 2.24) is 4.31 Å². The molecule has 1 N–H and O–H groups in total. The molecule has 3 aromatic rings. The van der Waals surface area contributed by atoms with E-state index in [9.17, 15) is 22.8 Å². The van der Waals surface area contributed by atoms with E-state index in [-0.39, 0.29) is 23.7 Å². The fourth-order valence-electron chi connectivity index (χ4n) is 3.72. The van der Waals surface area contributed by atoms with Crippen LogP contribution in [0.1, 0.15) is 16.7 Å². The van der Waals surface area contributed by atoms with E-state index in [0.29, 0.717) is 22.4 Å². The number of ether oxygens (including phenoxy) is 1. The van der Waals surface area contributed by atoms with Gasteiger partial charge in [0.15, 0.2) is 6.04 Å². The minimum Gasteiger partial charge on any atom is -0.495 e. The highest BCUT2D eigenvalue weighted by Gasteiger charge is 2.48. The van der Waals surface area contributed by atoms with Gasteiger partial charge in [-0.25, -0.2) is 8.42 Å². The normalized spacial score (nSPS) is 13.9. The summed E-state index contributed by atoms with van der Waals surface area (Å²) in [5, 5.41) is 11.8. The number of benzene rings is 3. The maximum absolute atomic E-state index is 13.7. The van der Waals surface area contributed by atoms with E-state index < -0.39 is 33.4 Å². The van der Waals surface area contributed by atoms with Gasteiger partial charge in [0.25, 0.3) is 5.78 Å². The largest absolute Gasteiger partial charge is 0.495 e. The predicted molar refractivity (Wildman–Crippen MR) is 129 cm³/mol. The van der Waals surface area contributed by atoms with E-state index in [1.807, 2.05) is 6.07 Å². The Labute approximate surface area is 208 Å². The van der Waals surface area contributed by atoms with Crippen molar-refractivity contribution in [3.8, 4) is 11.8 Å². The zero-order valence-corrected chi connectivity index (χ0v) is 20.0. The first kappa shape index (κ1) is 24.8. The van der Waals surface area contributed by atoms with Crippen LogP contribution in [0.25, 0.3) is 0 Å². The minimum atomic E-state index is -4.00. The third-order valence-electron chi connectivity index (χ3n) is 5.72. The highest BCUT2D eigenvalue weighted by Crippen LogP contribution is 2.29. The summed E-state index contributed by atoms with van der Waals surface area (Å²) in [6.45, 7) is 0.0553. The fraction of sp³-hybridized carbons (Fsp3) is 0.154. The van der Waals surface area contributed by atoms with Crippen molar-refractivity contribution in [1.29, 1.82) is 5.26 Å². The SMILES string of the molecule is COc1ccccc1S(=O)(=O)N(Cc1ccc(C#N)cc1)Cc1ccc(NC2C(=O)C(=O)C2=O)cc1. The third-order valence-corrected chi connectivity index (χ3v) is 7.56. The van der Waals surface area contributed by atoms with Gasteiger partial charge in [-0.05, 0) is 47.5 Å². The average molecular weight is 504 g/mol. The Morgan fingerprint density at radius 1 is 0.889 bits per heavy atom. The molecule has 4 rings (SSSR count). The molecule has 9 nitrogen and oxygen atoms in total. The Hall–Kier alpha value is -4.33. The maximum Gasteiger partial charge on any atom is 0.269 e. The van der Waals surface area contributed by atoms with Crippen LogP contribution in [-0.4, -0.2) is 43.2 Å². The molecule has 1 aliphatic carbocycles. The molecular weight excluding hydrogens is 482 g/mol. The number of hydrogen-bond acceptors (Lipinski definition) is 8. The number of ketones is 3. The van der Waals surface area contributed by atoms with E-state index in [4.69, 9.17) is 10.00 Å². The number of carbonyl (C=O) groups excluding carboxylic acids is 3. The first-order valence-corrected chi connectivity index (χ1v) is 12.3. The summed E-state index contributed by atoms with van der Waals surface area (Å²) in [4.78, 5) is 34.3. The second kappa shape index (κ2) is 10.1. The number of methoxy groups -OCH3 is 1. The summed E-state index contributed by atoms with van der Waals surface area (Å²) < 4.78 is 33.9. The third kappa shape index (κ3) is 4.88. The van der Waals surface area contributed by atoms with Crippen LogP contribution in [0.2, 0.25) is 0 Å². The molecule has 0 radical (unpaired) electrons. The standard InChI is InChI=1S/C26H21N3O6S/c1-35-21-4-2-3-5-22(21)36(33,34)29(15-18-8-6-17(14-27)7-9-18)16-19-10-12-20(13-11-19)28-23-24(30)26(32)25(23)31/h2-13,23,28H,15-16H2,1H3. The van der Waals surface area contributed by atoms with Crippen LogP contribution in [0, 0.1) is 11.3 Å². The van der Waals surface area contributed by atoms with Crippen molar-refractivity contribution in [2.24, 2.45) is 0 Å². The van der Waals surface area contributed by atoms with Gasteiger partial charge in [0.05, 0.1) is 18.7 Å². The Morgan fingerprint density at radius 3 is 2.00 bits per heavy atom. The van der Waals surface area contributed by atoms with Gasteiger partial charge in [0.2, 0.25) is 21.6 Å². The minimum absolute atomic E-state index is 0.0143. The number of nitriles is 1. The van der Waals surface area contributed by atoms with Gasteiger partial charge in [0.1, 0.15) is 10.6 Å². The molecule has 0 atom stereocenters. The Morgan fingerprint density at radius 2 is 1.44 bits per heavy atom. The molecule has 0 unspecified atom stereocenters. The summed E-state index contributed by atoms with van der Waals surface area (Å²) in [7, 11) is -2.60. The van der Waals surface area contributed by atoms with Crippen LogP contribution >= 0.6 is 0 Å². The van der Waals surface area contributed by atoms with Crippen LogP contribution < -0.4 is 10.1 Å². The molecule has 1 aliphatic rings. The predicted octanol–water partition coefficient (Wildman–Crippen LogP) is 2.46. The molecule has 0 aliphatic heterocycles. The van der Waals surface area contributed by atoms with Gasteiger partial charge in [-0.3, -0.25) is 14.4 Å². The molecule has 36 heavy (non-hydrogen) atoms. The zero-order valence-electron chi connectivity index (χ0n) is 19.2. The van der Waals surface area contributed by atoms with Gasteiger partial charge < -0.3 is 10.1 Å². The van der Waals surface area contributed by atoms with Gasteiger partial charge >= 0.3 is 0 Å². The van der Waals surface area contributed by atoms with Crippen molar-refractivity contribution in [2.45, 2.75) is 24.0 Å². The highest BCUT2D eigenvalue weighted by atomic mass is 32.2. The number of carbonyl (C=O) groups is 3. The number of sulfonamides is 1. The van der Waals surface area contributed by atoms with Crippen molar-refractivity contribution < 1.29 is 27.5 Å². The molecule has 3 aromatic carbocycles. The number of rotatable bonds is 9. The van der Waals surface area contributed by atoms with E-state index in [0.717, 1.165) is 0 Å². The average Bonchev–Trinajstić information content (AvgIpc) is 2.91. The van der Waals surface area contributed by atoms with E-state index in [1.54, 1.807) is 66.7 Å². The van der Waals surface area contributed by atoms with Crippen molar-refractivity contribution in [3.05, 3.63) is 89.5 Å². The lowest BCUT2D eigenvalue weighted by molar-refractivity contribution is -0.152. The molecular formula is C26H21N3O6S. The quantitative estimate of drug-likeness (QED) is 0.348. The topological polar surface area (TPSA) is 134 Å². The van der Waals surface area contributed by atoms with Crippen LogP contribution in [0.4, 0.5) is 5.69 Å². The summed E-state index contributed by atoms with van der Waals surface area (Å²) in [5.41, 5.74) is 2.25. The van der Waals surface area contributed by atoms with Crippen molar-refractivity contribution in [3.63, 3.8) is 0 Å². The molecule has 0 spiro atoms. The van der Waals surface area contributed by atoms with Gasteiger partial charge in [-0.2, -0.15) is 9.57 Å². The number of anilines is 1. The van der Waals surface area contributed by atoms with Crippen molar-refractivity contribution in [2.75, 3.05) is 12.4 Å². The fourth-order valence-corrected chi connectivity index (χ4v) is 5.29. The number of para-hydroxylation sites is 1. The first-order valence-electron chi connectivity index (χ1n) is 10.8. The summed E-state index contributed by atoms with van der Waals surface area (Å²) in [6, 6.07) is 20.4. The van der Waals surface area contributed by atoms with Crippen molar-refractivity contribution >= 4 is 33.1 Å². The molecule has 0 saturated heterocycles. The Kier molecular flexibility index (Phi) is 6.96. The second-order valence-corrected chi connectivity index (χ2v) is 9.97. The van der Waals surface area contributed by atoms with Gasteiger partial charge in [-0.1, -0.05) is 36.4 Å². The summed E-state index contributed by atoms with van der Waals surface area (Å²) >= 11 is 0. The maximum atomic E-state index is 13.7. The molecule has 0 amide bonds. The number of hydrogen-bond donors (Lipinski definition) is 1. The smallest absolute Gasteiger partial charge is 0.269 e. The molecule has 182 valence electrons. The van der Waals surface area contributed by atoms with Gasteiger partial charge in [-0.15, -0.1) is 0 Å². The number of nitrogens with zero attached hydrogens (tertiary/aromatic N) is 2. The van der Waals surface area contributed by atoms with Crippen LogP contribution in [0.3, 0.4) is 0 Å². The summed E-state index contributed by atoms with van der Waals surface area (Å²) in [6.07, 6.45) is 0. The lowest BCUT2D eigenvalue weighted by Crippen LogP contribution is -2.57. The molecule has 1 saturated carbocycles. The molecule has 1 fully saturated rings. The zero-order chi connectivity index (χ0) is 25.9. The van der Waals surface area contributed by atoms with E-state index >= 15 is 0 Å². The number of nitrogens with one attached hydrogen (secondary N) is 1. The molecule has 0 bridgehead atoms. The highest BCUT2D eigenvalue weighted by molar-refractivity contribution is 7.89. The van der Waals surface area contributed by atoms with E-state index in [2.05, 4.69) is 5.32 Å². The van der Waals surface area contributed by atoms with Crippen LogP contribution in [0.15, 0.2) is 77.7 Å². The molecule has 0 aromatic heterocycles. The lowest BCUT2D eigenvalue weighted by atomic mass is 9.87. The summed E-state index contributed by atoms with van der Waals surface area (Å²) in [5.74, 6) is -2.35. The molecule has 0 heterocycles. The second-order valence-electron chi connectivity index (χ2n) is 8.06. The first-order chi connectivity index (χ1) is 17.2. The lowest BCUT2D eigenvalue weighted by Gasteiger charge is -2.24. The number of Topliss-reactive ketones (excluding diaryl/α,β-unsaturated/α-hetero) is 3. The Bertz CT molecular complexity index is 1460. The van der Waals surface area contributed by atoms with Crippen LogP contribution in [-0.2, 0) is 37.5 Å². The van der Waals surface area contributed by atoms with Crippen LogP contribution in [0.5, 0.6) is 5.75 Å². The van der Waals surface area contributed by atoms with E-state index in [1.165, 1.54) is 17.5 Å². The monoisotopic (exact) mass is 503 g/mol.